The number of hydrogen-bond donors (Lipinski definition) is 0. The van der Waals surface area contributed by atoms with E-state index in [1.54, 1.807) is 0 Å². The molecule has 4 nitrogen and oxygen atoms in total. The monoisotopic (exact) mass is 468 g/mol. The van der Waals surface area contributed by atoms with Crippen LogP contribution in [0.4, 0.5) is 0 Å². The standard InChI is InChI=1S/C30H44O4/c1-19(2)20(3)8-9-21(4)24-10-11-25-27(24,6)14-13-26-28(7)15-12-23(32-22(5)31)18-29(28)16-17-30(25,26)34-33-29/h8-9,13,16-17,19-21,23-25H,10-12,14-15,18H2,1-7H3/b9-8+/t20-,21+,23?,24?,25?,27?,28?,29+,30-/m0/s1. The molecule has 2 aliphatic heterocycles. The second-order valence-electron chi connectivity index (χ2n) is 12.9. The number of carbonyl (C=O) groups excluding carboxylic acids is 1. The highest BCUT2D eigenvalue weighted by Gasteiger charge is 2.72. The van der Waals surface area contributed by atoms with Gasteiger partial charge in [0.1, 0.15) is 17.3 Å². The van der Waals surface area contributed by atoms with Gasteiger partial charge in [0.05, 0.1) is 0 Å². The topological polar surface area (TPSA) is 44.8 Å². The van der Waals surface area contributed by atoms with Crippen LogP contribution in [0.15, 0.2) is 36.0 Å². The van der Waals surface area contributed by atoms with E-state index in [1.807, 2.05) is 0 Å². The van der Waals surface area contributed by atoms with Gasteiger partial charge in [0.2, 0.25) is 0 Å². The zero-order valence-electron chi connectivity index (χ0n) is 22.2. The Kier molecular flexibility index (Phi) is 5.76. The molecule has 188 valence electrons. The highest BCUT2D eigenvalue weighted by molar-refractivity contribution is 5.66. The molecule has 34 heavy (non-hydrogen) atoms. The minimum Gasteiger partial charge on any atom is -0.462 e. The molecule has 2 saturated carbocycles. The zero-order valence-corrected chi connectivity index (χ0v) is 22.2. The Balaban J connectivity index is 1.45. The zero-order chi connectivity index (χ0) is 24.5. The van der Waals surface area contributed by atoms with Crippen molar-refractivity contribution in [1.29, 1.82) is 0 Å². The molecule has 0 radical (unpaired) electrons. The summed E-state index contributed by atoms with van der Waals surface area (Å²) in [6, 6.07) is 0. The number of rotatable bonds is 5. The van der Waals surface area contributed by atoms with Crippen molar-refractivity contribution in [2.45, 2.75) is 104 Å². The normalized spacial score (nSPS) is 46.6. The smallest absolute Gasteiger partial charge is 0.302 e. The number of fused-ring (bicyclic) bond motifs is 2. The summed E-state index contributed by atoms with van der Waals surface area (Å²) in [7, 11) is 0. The second-order valence-corrected chi connectivity index (χ2v) is 12.9. The average molecular weight is 469 g/mol. The first-order chi connectivity index (χ1) is 16.0. The summed E-state index contributed by atoms with van der Waals surface area (Å²) in [5.41, 5.74) is 0.489. The molecule has 0 amide bonds. The second kappa shape index (κ2) is 8.06. The number of hydrogen-bond acceptors (Lipinski definition) is 4. The molecule has 2 spiro atoms. The van der Waals surface area contributed by atoms with E-state index in [0.29, 0.717) is 36.0 Å². The first-order valence-electron chi connectivity index (χ1n) is 13.6. The van der Waals surface area contributed by atoms with Crippen LogP contribution in [0.2, 0.25) is 0 Å². The lowest BCUT2D eigenvalue weighted by atomic mass is 9.46. The number of allylic oxidation sites excluding steroid dienone is 3. The Morgan fingerprint density at radius 3 is 2.50 bits per heavy atom. The van der Waals surface area contributed by atoms with Crippen molar-refractivity contribution in [1.82, 2.24) is 0 Å². The average Bonchev–Trinajstić information content (AvgIpc) is 3.14. The van der Waals surface area contributed by atoms with E-state index in [4.69, 9.17) is 14.5 Å². The molecule has 4 aliphatic carbocycles. The van der Waals surface area contributed by atoms with Crippen LogP contribution in [0.3, 0.4) is 0 Å². The highest BCUT2D eigenvalue weighted by Crippen LogP contribution is 2.71. The quantitative estimate of drug-likeness (QED) is 0.248. The van der Waals surface area contributed by atoms with Crippen LogP contribution in [0.1, 0.15) is 87.0 Å². The largest absolute Gasteiger partial charge is 0.462 e. The van der Waals surface area contributed by atoms with Gasteiger partial charge in [0.25, 0.3) is 0 Å². The summed E-state index contributed by atoms with van der Waals surface area (Å²) in [5.74, 6) is 2.67. The maximum atomic E-state index is 11.6. The maximum absolute atomic E-state index is 11.6. The lowest BCUT2D eigenvalue weighted by molar-refractivity contribution is -0.455. The molecule has 0 N–H and O–H groups in total. The first-order valence-corrected chi connectivity index (χ1v) is 13.6. The molecule has 2 heterocycles. The van der Waals surface area contributed by atoms with Gasteiger partial charge < -0.3 is 4.74 Å². The minimum atomic E-state index is -0.548. The van der Waals surface area contributed by atoms with Gasteiger partial charge in [0.15, 0.2) is 0 Å². The van der Waals surface area contributed by atoms with Crippen molar-refractivity contribution >= 4 is 5.97 Å². The van der Waals surface area contributed by atoms with Crippen molar-refractivity contribution in [3.05, 3.63) is 36.0 Å². The lowest BCUT2D eigenvalue weighted by Gasteiger charge is -2.66. The van der Waals surface area contributed by atoms with Crippen LogP contribution in [-0.4, -0.2) is 23.3 Å². The van der Waals surface area contributed by atoms with Crippen molar-refractivity contribution in [3.8, 4) is 0 Å². The summed E-state index contributed by atoms with van der Waals surface area (Å²) in [6.45, 7) is 15.7. The SMILES string of the molecule is CC(=O)OC1CCC2(C)C3=CCC4(C)C([C@H](C)/C=C/[C@H](C)C(C)C)CCC4[C@@]34C=C[C@]2(C1)OO4. The molecule has 5 unspecified atom stereocenters. The molecule has 6 rings (SSSR count). The van der Waals surface area contributed by atoms with Crippen LogP contribution in [-0.2, 0) is 19.3 Å². The van der Waals surface area contributed by atoms with Crippen molar-refractivity contribution < 1.29 is 19.3 Å². The van der Waals surface area contributed by atoms with E-state index in [0.717, 1.165) is 19.3 Å². The Bertz CT molecular complexity index is 932. The summed E-state index contributed by atoms with van der Waals surface area (Å²) in [5, 5.41) is 0. The Hall–Kier alpha value is -1.39. The van der Waals surface area contributed by atoms with Gasteiger partial charge in [0, 0.05) is 24.7 Å². The summed E-state index contributed by atoms with van der Waals surface area (Å²) in [6.07, 6.45) is 17.9. The van der Waals surface area contributed by atoms with E-state index in [1.165, 1.54) is 25.3 Å². The van der Waals surface area contributed by atoms with E-state index < -0.39 is 11.2 Å². The van der Waals surface area contributed by atoms with E-state index >= 15 is 0 Å². The van der Waals surface area contributed by atoms with Crippen molar-refractivity contribution in [2.24, 2.45) is 40.4 Å². The number of carbonyl (C=O) groups is 1. The third kappa shape index (κ3) is 3.27. The molecule has 0 aromatic heterocycles. The van der Waals surface area contributed by atoms with Gasteiger partial charge in [-0.15, -0.1) is 0 Å². The van der Waals surface area contributed by atoms with Gasteiger partial charge in [-0.3, -0.25) is 4.79 Å². The fourth-order valence-electron chi connectivity index (χ4n) is 8.33. The first kappa shape index (κ1) is 24.3. The molecule has 0 aromatic rings. The highest BCUT2D eigenvalue weighted by atomic mass is 17.2. The molecule has 9 atom stereocenters. The summed E-state index contributed by atoms with van der Waals surface area (Å²) in [4.78, 5) is 24.5. The van der Waals surface area contributed by atoms with Gasteiger partial charge in [-0.25, -0.2) is 9.78 Å². The predicted molar refractivity (Wildman–Crippen MR) is 134 cm³/mol. The molecular formula is C30H44O4. The van der Waals surface area contributed by atoms with Gasteiger partial charge in [-0.05, 0) is 78.9 Å². The summed E-state index contributed by atoms with van der Waals surface area (Å²) < 4.78 is 5.61. The third-order valence-corrected chi connectivity index (χ3v) is 10.8. The molecule has 6 aliphatic rings. The summed E-state index contributed by atoms with van der Waals surface area (Å²) >= 11 is 0. The van der Waals surface area contributed by atoms with Gasteiger partial charge >= 0.3 is 5.97 Å². The van der Waals surface area contributed by atoms with Gasteiger partial charge in [-0.2, -0.15) is 0 Å². The number of esters is 1. The molecular weight excluding hydrogens is 424 g/mol. The lowest BCUT2D eigenvalue weighted by Crippen LogP contribution is -2.69. The van der Waals surface area contributed by atoms with Crippen LogP contribution < -0.4 is 0 Å². The van der Waals surface area contributed by atoms with E-state index in [2.05, 4.69) is 71.9 Å². The predicted octanol–water partition coefficient (Wildman–Crippen LogP) is 6.96. The van der Waals surface area contributed by atoms with Gasteiger partial charge in [-0.1, -0.05) is 59.8 Å². The fraction of sp³-hybridized carbons (Fsp3) is 0.767. The van der Waals surface area contributed by atoms with Crippen LogP contribution in [0.5, 0.6) is 0 Å². The molecule has 4 heteroatoms. The van der Waals surface area contributed by atoms with Crippen molar-refractivity contribution in [2.75, 3.05) is 0 Å². The molecule has 3 fully saturated rings. The number of ether oxygens (including phenoxy) is 1. The Morgan fingerprint density at radius 2 is 1.85 bits per heavy atom. The van der Waals surface area contributed by atoms with Crippen molar-refractivity contribution in [3.63, 3.8) is 0 Å². The third-order valence-electron chi connectivity index (χ3n) is 10.8. The van der Waals surface area contributed by atoms with Crippen LogP contribution in [0.25, 0.3) is 0 Å². The molecule has 1 saturated heterocycles. The Labute approximate surface area is 206 Å². The maximum Gasteiger partial charge on any atom is 0.302 e. The van der Waals surface area contributed by atoms with Crippen LogP contribution >= 0.6 is 0 Å². The fourth-order valence-corrected chi connectivity index (χ4v) is 8.33. The van der Waals surface area contributed by atoms with E-state index in [-0.39, 0.29) is 22.9 Å². The van der Waals surface area contributed by atoms with E-state index in [9.17, 15) is 4.79 Å². The van der Waals surface area contributed by atoms with Crippen LogP contribution in [0, 0.1) is 40.4 Å². The molecule has 0 aromatic carbocycles. The Morgan fingerprint density at radius 1 is 1.09 bits per heavy atom. The molecule has 2 bridgehead atoms. The minimum absolute atomic E-state index is 0.115.